The van der Waals surface area contributed by atoms with Gasteiger partial charge < -0.3 is 15.2 Å². The van der Waals surface area contributed by atoms with Crippen LogP contribution >= 0.6 is 0 Å². The van der Waals surface area contributed by atoms with Crippen molar-refractivity contribution in [3.05, 3.63) is 0 Å². The minimum Gasteiger partial charge on any atom is -0.383 e. The van der Waals surface area contributed by atoms with Crippen LogP contribution in [0, 0.1) is 5.92 Å². The predicted molar refractivity (Wildman–Crippen MR) is 70.1 cm³/mol. The van der Waals surface area contributed by atoms with Crippen LogP contribution in [0.3, 0.4) is 0 Å². The van der Waals surface area contributed by atoms with Gasteiger partial charge in [-0.1, -0.05) is 6.92 Å². The first-order valence-corrected chi connectivity index (χ1v) is 6.68. The molecule has 0 aromatic heterocycles. The van der Waals surface area contributed by atoms with Crippen molar-refractivity contribution in [2.75, 3.05) is 47.1 Å². The Morgan fingerprint density at radius 1 is 1.18 bits per heavy atom. The molecular formula is C13H28N2O2. The quantitative estimate of drug-likeness (QED) is 0.625. The maximum absolute atomic E-state index is 6.08. The second-order valence-electron chi connectivity index (χ2n) is 4.91. The van der Waals surface area contributed by atoms with E-state index in [-0.39, 0.29) is 5.54 Å². The van der Waals surface area contributed by atoms with Crippen LogP contribution in [0.4, 0.5) is 0 Å². The Morgan fingerprint density at radius 3 is 2.00 bits per heavy atom. The van der Waals surface area contributed by atoms with Gasteiger partial charge in [0.15, 0.2) is 0 Å². The molecule has 1 atom stereocenters. The standard InChI is InChI=1S/C13H28N2O2/c1-4-13(11-14,12-5-6-12)15(7-9-16-2)8-10-17-3/h12H,4-11,14H2,1-3H3. The minimum atomic E-state index is 0.164. The number of hydrogen-bond donors (Lipinski definition) is 1. The minimum absolute atomic E-state index is 0.164. The van der Waals surface area contributed by atoms with Crippen LogP contribution < -0.4 is 5.73 Å². The van der Waals surface area contributed by atoms with E-state index in [2.05, 4.69) is 11.8 Å². The number of rotatable bonds is 10. The van der Waals surface area contributed by atoms with Crippen LogP contribution in [0.1, 0.15) is 26.2 Å². The van der Waals surface area contributed by atoms with Gasteiger partial charge in [0.25, 0.3) is 0 Å². The van der Waals surface area contributed by atoms with Crippen LogP contribution in [-0.4, -0.2) is 57.5 Å². The summed E-state index contributed by atoms with van der Waals surface area (Å²) in [6.07, 6.45) is 3.75. The smallest absolute Gasteiger partial charge is 0.0589 e. The SMILES string of the molecule is CCC(CN)(C1CC1)N(CCOC)CCOC. The Hall–Kier alpha value is -0.160. The highest BCUT2D eigenvalue weighted by Gasteiger charge is 2.46. The molecule has 0 saturated heterocycles. The van der Waals surface area contributed by atoms with Crippen LogP contribution in [0.25, 0.3) is 0 Å². The Morgan fingerprint density at radius 2 is 1.71 bits per heavy atom. The van der Waals surface area contributed by atoms with Crippen molar-refractivity contribution in [2.24, 2.45) is 11.7 Å². The Kier molecular flexibility index (Phi) is 6.41. The number of ether oxygens (including phenoxy) is 2. The second-order valence-corrected chi connectivity index (χ2v) is 4.91. The summed E-state index contributed by atoms with van der Waals surface area (Å²) in [6, 6.07) is 0. The largest absolute Gasteiger partial charge is 0.383 e. The summed E-state index contributed by atoms with van der Waals surface area (Å²) in [5.41, 5.74) is 6.24. The van der Waals surface area contributed by atoms with Crippen molar-refractivity contribution in [1.82, 2.24) is 4.90 Å². The van der Waals surface area contributed by atoms with Crippen molar-refractivity contribution in [2.45, 2.75) is 31.7 Å². The van der Waals surface area contributed by atoms with E-state index in [4.69, 9.17) is 15.2 Å². The van der Waals surface area contributed by atoms with Crippen molar-refractivity contribution >= 4 is 0 Å². The number of methoxy groups -OCH3 is 2. The maximum Gasteiger partial charge on any atom is 0.0589 e. The van der Waals surface area contributed by atoms with Gasteiger partial charge in [-0.25, -0.2) is 0 Å². The zero-order valence-electron chi connectivity index (χ0n) is 11.6. The number of nitrogens with two attached hydrogens (primary N) is 1. The van der Waals surface area contributed by atoms with E-state index in [9.17, 15) is 0 Å². The molecule has 0 aromatic rings. The molecular weight excluding hydrogens is 216 g/mol. The van der Waals surface area contributed by atoms with Crippen LogP contribution in [0.15, 0.2) is 0 Å². The Bertz CT molecular complexity index is 196. The molecule has 17 heavy (non-hydrogen) atoms. The predicted octanol–water partition coefficient (Wildman–Crippen LogP) is 1.10. The Labute approximate surface area is 105 Å². The highest BCUT2D eigenvalue weighted by Crippen LogP contribution is 2.44. The van der Waals surface area contributed by atoms with Gasteiger partial charge >= 0.3 is 0 Å². The van der Waals surface area contributed by atoms with Gasteiger partial charge in [0, 0.05) is 39.4 Å². The summed E-state index contributed by atoms with van der Waals surface area (Å²) in [7, 11) is 3.50. The topological polar surface area (TPSA) is 47.7 Å². The van der Waals surface area contributed by atoms with Gasteiger partial charge in [-0.2, -0.15) is 0 Å². The molecule has 1 aliphatic rings. The first-order valence-electron chi connectivity index (χ1n) is 6.68. The zero-order valence-corrected chi connectivity index (χ0v) is 11.6. The molecule has 0 aliphatic heterocycles. The summed E-state index contributed by atoms with van der Waals surface area (Å²) < 4.78 is 10.4. The lowest BCUT2D eigenvalue weighted by Gasteiger charge is -2.43. The van der Waals surface area contributed by atoms with Crippen molar-refractivity contribution in [3.8, 4) is 0 Å². The van der Waals surface area contributed by atoms with E-state index < -0.39 is 0 Å². The monoisotopic (exact) mass is 244 g/mol. The van der Waals surface area contributed by atoms with Crippen molar-refractivity contribution in [3.63, 3.8) is 0 Å². The second kappa shape index (κ2) is 7.31. The van der Waals surface area contributed by atoms with Crippen molar-refractivity contribution < 1.29 is 9.47 Å². The summed E-state index contributed by atoms with van der Waals surface area (Å²) in [6.45, 7) is 6.40. The third-order valence-electron chi connectivity index (χ3n) is 4.06. The summed E-state index contributed by atoms with van der Waals surface area (Å²) in [5.74, 6) is 0.770. The van der Waals surface area contributed by atoms with Gasteiger partial charge in [-0.15, -0.1) is 0 Å². The highest BCUT2D eigenvalue weighted by molar-refractivity contribution is 5.02. The van der Waals surface area contributed by atoms with Crippen LogP contribution in [-0.2, 0) is 9.47 Å². The van der Waals surface area contributed by atoms with Gasteiger partial charge in [-0.3, -0.25) is 4.90 Å². The van der Waals surface area contributed by atoms with Crippen LogP contribution in [0.2, 0.25) is 0 Å². The molecule has 1 aliphatic carbocycles. The first kappa shape index (κ1) is 14.9. The molecule has 0 radical (unpaired) electrons. The van der Waals surface area contributed by atoms with E-state index in [1.54, 1.807) is 14.2 Å². The van der Waals surface area contributed by atoms with Gasteiger partial charge in [0.05, 0.1) is 13.2 Å². The molecule has 1 saturated carbocycles. The molecule has 0 aromatic carbocycles. The normalized spacial score (nSPS) is 19.6. The third kappa shape index (κ3) is 3.65. The summed E-state index contributed by atoms with van der Waals surface area (Å²) in [4.78, 5) is 2.48. The van der Waals surface area contributed by atoms with E-state index in [0.717, 1.165) is 45.2 Å². The van der Waals surface area contributed by atoms with Crippen LogP contribution in [0.5, 0.6) is 0 Å². The van der Waals surface area contributed by atoms with E-state index in [1.807, 2.05) is 0 Å². The fourth-order valence-corrected chi connectivity index (χ4v) is 2.79. The van der Waals surface area contributed by atoms with E-state index in [1.165, 1.54) is 12.8 Å². The molecule has 0 bridgehead atoms. The van der Waals surface area contributed by atoms with Gasteiger partial charge in [-0.05, 0) is 25.2 Å². The maximum atomic E-state index is 6.08. The van der Waals surface area contributed by atoms with Gasteiger partial charge in [0.2, 0.25) is 0 Å². The fourth-order valence-electron chi connectivity index (χ4n) is 2.79. The van der Waals surface area contributed by atoms with E-state index >= 15 is 0 Å². The molecule has 0 amide bonds. The molecule has 1 fully saturated rings. The molecule has 1 rings (SSSR count). The molecule has 0 heterocycles. The zero-order chi connectivity index (χ0) is 12.7. The molecule has 0 spiro atoms. The lowest BCUT2D eigenvalue weighted by atomic mass is 9.87. The average Bonchev–Trinajstić information content (AvgIpc) is 3.18. The first-order chi connectivity index (χ1) is 8.25. The Balaban J connectivity index is 2.67. The van der Waals surface area contributed by atoms with Crippen molar-refractivity contribution in [1.29, 1.82) is 0 Å². The summed E-state index contributed by atoms with van der Waals surface area (Å²) >= 11 is 0. The fraction of sp³-hybridized carbons (Fsp3) is 1.00. The summed E-state index contributed by atoms with van der Waals surface area (Å²) in [5, 5.41) is 0. The molecule has 102 valence electrons. The average molecular weight is 244 g/mol. The number of hydrogen-bond acceptors (Lipinski definition) is 4. The lowest BCUT2D eigenvalue weighted by Crippen LogP contribution is -2.57. The van der Waals surface area contributed by atoms with E-state index in [0.29, 0.717) is 0 Å². The van der Waals surface area contributed by atoms with Gasteiger partial charge in [0.1, 0.15) is 0 Å². The molecule has 2 N–H and O–H groups in total. The third-order valence-corrected chi connectivity index (χ3v) is 4.06. The lowest BCUT2D eigenvalue weighted by molar-refractivity contribution is 0.0214. The molecule has 4 nitrogen and oxygen atoms in total. The molecule has 1 unspecified atom stereocenters. The number of nitrogens with zero attached hydrogens (tertiary/aromatic N) is 1. The highest BCUT2D eigenvalue weighted by atomic mass is 16.5. The molecule has 4 heteroatoms.